The van der Waals surface area contributed by atoms with Gasteiger partial charge in [-0.1, -0.05) is 50.6 Å². The number of rotatable bonds is 9. The Morgan fingerprint density at radius 2 is 1.61 bits per heavy atom. The van der Waals surface area contributed by atoms with Crippen molar-refractivity contribution < 1.29 is 14.3 Å². The quantitative estimate of drug-likeness (QED) is 0.187. The summed E-state index contributed by atoms with van der Waals surface area (Å²) in [6.07, 6.45) is 5.43. The number of urea groups is 1. The molecule has 8 nitrogen and oxygen atoms in total. The summed E-state index contributed by atoms with van der Waals surface area (Å²) in [6, 6.07) is 26.2. The van der Waals surface area contributed by atoms with Crippen molar-refractivity contribution in [1.82, 2.24) is 14.7 Å². The largest absolute Gasteiger partial charge is 0.497 e. The molecule has 4 aromatic rings. The molecule has 2 atom stereocenters. The number of piperidine rings is 1. The summed E-state index contributed by atoms with van der Waals surface area (Å²) in [7, 11) is 1.63. The van der Waals surface area contributed by atoms with Gasteiger partial charge in [-0.2, -0.15) is 5.10 Å². The smallest absolute Gasteiger partial charge is 0.324 e. The van der Waals surface area contributed by atoms with Gasteiger partial charge < -0.3 is 10.1 Å². The SMILES string of the molecule is COc1ccc(C(=O)CN2C3CCC2CC(Cc2cccc(NC(=O)Nc4cc(C(C)(C)C)nn4-c4ccc(C)cc4)c2)C3)cc1. The fourth-order valence-electron chi connectivity index (χ4n) is 6.95. The molecule has 2 N–H and O–H groups in total. The lowest BCUT2D eigenvalue weighted by molar-refractivity contribution is 0.0744. The number of hydrogen-bond acceptors (Lipinski definition) is 5. The molecule has 3 aromatic carbocycles. The molecule has 0 aliphatic carbocycles. The Hall–Kier alpha value is -4.43. The summed E-state index contributed by atoms with van der Waals surface area (Å²) in [5, 5.41) is 10.9. The first-order chi connectivity index (χ1) is 22.1. The monoisotopic (exact) mass is 619 g/mol. The molecule has 1 aromatic heterocycles. The van der Waals surface area contributed by atoms with Gasteiger partial charge >= 0.3 is 6.03 Å². The van der Waals surface area contributed by atoms with Crippen LogP contribution in [0.15, 0.2) is 78.9 Å². The summed E-state index contributed by atoms with van der Waals surface area (Å²) < 4.78 is 7.03. The second-order valence-corrected chi connectivity index (χ2v) is 13.9. The number of nitrogens with zero attached hydrogens (tertiary/aromatic N) is 3. The zero-order chi connectivity index (χ0) is 32.4. The van der Waals surface area contributed by atoms with Crippen molar-refractivity contribution >= 4 is 23.3 Å². The number of ether oxygens (including phenoxy) is 1. The van der Waals surface area contributed by atoms with Crippen LogP contribution < -0.4 is 15.4 Å². The topological polar surface area (TPSA) is 88.5 Å². The highest BCUT2D eigenvalue weighted by molar-refractivity contribution is 5.99. The standard InChI is InChI=1S/C38H45N5O3/c1-25-9-13-30(14-10-25)43-36(23-35(41-43)38(2,3)4)40-37(45)39-29-8-6-7-26(20-29)19-27-21-31-15-16-32(22-27)42(31)24-34(44)28-11-17-33(46-5)18-12-28/h6-14,17-18,20,23,27,31-32H,15-16,19,21-22,24H2,1-5H3,(H2,39,40,45). The molecule has 2 aliphatic heterocycles. The number of fused-ring (bicyclic) bond motifs is 2. The highest BCUT2D eigenvalue weighted by Gasteiger charge is 2.41. The number of amides is 2. The number of methoxy groups -OCH3 is 1. The molecule has 6 rings (SSSR count). The molecule has 46 heavy (non-hydrogen) atoms. The second kappa shape index (κ2) is 13.1. The minimum absolute atomic E-state index is 0.168. The maximum atomic E-state index is 13.2. The van der Waals surface area contributed by atoms with E-state index in [4.69, 9.17) is 9.84 Å². The van der Waals surface area contributed by atoms with Crippen LogP contribution in [-0.2, 0) is 11.8 Å². The van der Waals surface area contributed by atoms with E-state index in [0.717, 1.165) is 66.0 Å². The zero-order valence-corrected chi connectivity index (χ0v) is 27.5. The number of hydrogen-bond donors (Lipinski definition) is 2. The maximum Gasteiger partial charge on any atom is 0.324 e. The predicted molar refractivity (Wildman–Crippen MR) is 183 cm³/mol. The first-order valence-electron chi connectivity index (χ1n) is 16.3. The van der Waals surface area contributed by atoms with Crippen LogP contribution in [0, 0.1) is 12.8 Å². The van der Waals surface area contributed by atoms with Gasteiger partial charge in [-0.05, 0) is 99.0 Å². The van der Waals surface area contributed by atoms with Crippen LogP contribution in [0.1, 0.15) is 73.6 Å². The number of carbonyl (C=O) groups excluding carboxylic acids is 2. The molecular weight excluding hydrogens is 574 g/mol. The van der Waals surface area contributed by atoms with Crippen LogP contribution in [0.4, 0.5) is 16.3 Å². The molecule has 2 unspecified atom stereocenters. The number of ketones is 1. The minimum atomic E-state index is -0.307. The van der Waals surface area contributed by atoms with Crippen LogP contribution in [0.25, 0.3) is 5.69 Å². The van der Waals surface area contributed by atoms with E-state index in [-0.39, 0.29) is 17.2 Å². The van der Waals surface area contributed by atoms with Gasteiger partial charge in [0.1, 0.15) is 11.6 Å². The second-order valence-electron chi connectivity index (χ2n) is 13.9. The normalized spacial score (nSPS) is 19.5. The molecule has 2 bridgehead atoms. The lowest BCUT2D eigenvalue weighted by Gasteiger charge is -2.38. The molecule has 2 fully saturated rings. The number of aryl methyl sites for hydroxylation is 1. The zero-order valence-electron chi connectivity index (χ0n) is 27.5. The van der Waals surface area contributed by atoms with E-state index in [0.29, 0.717) is 30.4 Å². The Labute approximate surface area is 272 Å². The van der Waals surface area contributed by atoms with Gasteiger partial charge in [0.15, 0.2) is 5.78 Å². The number of aromatic nitrogens is 2. The van der Waals surface area contributed by atoms with Crippen molar-refractivity contribution in [2.75, 3.05) is 24.3 Å². The summed E-state index contributed by atoms with van der Waals surface area (Å²) in [5.41, 5.74) is 5.50. The van der Waals surface area contributed by atoms with Crippen molar-refractivity contribution in [2.24, 2.45) is 5.92 Å². The molecule has 0 spiro atoms. The van der Waals surface area contributed by atoms with Gasteiger partial charge in [-0.15, -0.1) is 0 Å². The lowest BCUT2D eigenvalue weighted by Crippen LogP contribution is -2.45. The van der Waals surface area contributed by atoms with E-state index >= 15 is 0 Å². The van der Waals surface area contributed by atoms with Gasteiger partial charge in [0.25, 0.3) is 0 Å². The third kappa shape index (κ3) is 7.18. The average Bonchev–Trinajstić information content (AvgIpc) is 3.54. The Morgan fingerprint density at radius 1 is 0.913 bits per heavy atom. The molecule has 0 radical (unpaired) electrons. The molecule has 2 amide bonds. The van der Waals surface area contributed by atoms with Crippen LogP contribution in [0.3, 0.4) is 0 Å². The van der Waals surface area contributed by atoms with E-state index < -0.39 is 0 Å². The first-order valence-corrected chi connectivity index (χ1v) is 16.3. The van der Waals surface area contributed by atoms with Crippen molar-refractivity contribution in [1.29, 1.82) is 0 Å². The molecule has 2 saturated heterocycles. The highest BCUT2D eigenvalue weighted by atomic mass is 16.5. The predicted octanol–water partition coefficient (Wildman–Crippen LogP) is 7.80. The van der Waals surface area contributed by atoms with E-state index in [1.165, 1.54) is 5.56 Å². The van der Waals surface area contributed by atoms with Crippen molar-refractivity contribution in [3.8, 4) is 11.4 Å². The first kappa shape index (κ1) is 31.5. The van der Waals surface area contributed by atoms with Gasteiger partial charge in [0.05, 0.1) is 25.0 Å². The van der Waals surface area contributed by atoms with E-state index in [9.17, 15) is 9.59 Å². The highest BCUT2D eigenvalue weighted by Crippen LogP contribution is 2.40. The van der Waals surface area contributed by atoms with Gasteiger partial charge in [-0.25, -0.2) is 9.48 Å². The fourth-order valence-corrected chi connectivity index (χ4v) is 6.95. The van der Waals surface area contributed by atoms with Gasteiger partial charge in [0, 0.05) is 34.8 Å². The lowest BCUT2D eigenvalue weighted by atomic mass is 9.85. The molecule has 0 saturated carbocycles. The Morgan fingerprint density at radius 3 is 2.26 bits per heavy atom. The van der Waals surface area contributed by atoms with Crippen molar-refractivity contribution in [2.45, 2.75) is 77.3 Å². The number of benzene rings is 3. The van der Waals surface area contributed by atoms with Crippen LogP contribution in [-0.4, -0.2) is 52.2 Å². The van der Waals surface area contributed by atoms with Crippen molar-refractivity contribution in [3.63, 3.8) is 0 Å². The van der Waals surface area contributed by atoms with E-state index in [1.807, 2.05) is 66.7 Å². The summed E-state index contributed by atoms with van der Waals surface area (Å²) >= 11 is 0. The number of anilines is 2. The summed E-state index contributed by atoms with van der Waals surface area (Å²) in [5.74, 6) is 2.10. The number of nitrogens with one attached hydrogen (secondary N) is 2. The summed E-state index contributed by atoms with van der Waals surface area (Å²) in [6.45, 7) is 8.86. The van der Waals surface area contributed by atoms with Crippen LogP contribution in [0.2, 0.25) is 0 Å². The van der Waals surface area contributed by atoms with Crippen LogP contribution >= 0.6 is 0 Å². The average molecular weight is 620 g/mol. The minimum Gasteiger partial charge on any atom is -0.497 e. The summed E-state index contributed by atoms with van der Waals surface area (Å²) in [4.78, 5) is 28.7. The van der Waals surface area contributed by atoms with E-state index in [1.54, 1.807) is 11.8 Å². The number of Topliss-reactive ketones (excluding diaryl/α,β-unsaturated/α-hetero) is 1. The van der Waals surface area contributed by atoms with Crippen molar-refractivity contribution in [3.05, 3.63) is 101 Å². The molecule has 8 heteroatoms. The molecular formula is C38H45N5O3. The Balaban J connectivity index is 1.07. The number of carbonyl (C=O) groups is 2. The molecule has 240 valence electrons. The van der Waals surface area contributed by atoms with Crippen LogP contribution in [0.5, 0.6) is 5.75 Å². The van der Waals surface area contributed by atoms with E-state index in [2.05, 4.69) is 55.4 Å². The van der Waals surface area contributed by atoms with Gasteiger partial charge in [-0.3, -0.25) is 15.0 Å². The van der Waals surface area contributed by atoms with Gasteiger partial charge in [0.2, 0.25) is 0 Å². The fraction of sp³-hybridized carbons (Fsp3) is 0.395. The third-order valence-electron chi connectivity index (χ3n) is 9.43. The Kier molecular flexibility index (Phi) is 9.00. The molecule has 2 aliphatic rings. The maximum absolute atomic E-state index is 13.2. The Bertz CT molecular complexity index is 1670. The molecule has 3 heterocycles. The third-order valence-corrected chi connectivity index (χ3v) is 9.43.